The highest BCUT2D eigenvalue weighted by atomic mass is 32.2. The molecule has 0 aliphatic rings. The van der Waals surface area contributed by atoms with Crippen molar-refractivity contribution in [2.24, 2.45) is 16.8 Å². The zero-order valence-electron chi connectivity index (χ0n) is 11.2. The lowest BCUT2D eigenvalue weighted by Crippen LogP contribution is -2.36. The van der Waals surface area contributed by atoms with Crippen molar-refractivity contribution in [1.29, 1.82) is 0 Å². The molecule has 0 amide bonds. The van der Waals surface area contributed by atoms with Gasteiger partial charge in [0.25, 0.3) is 10.0 Å². The first-order chi connectivity index (χ1) is 8.82. The topological polar surface area (TPSA) is 125 Å². The lowest BCUT2D eigenvalue weighted by molar-refractivity contribution is 0.312. The van der Waals surface area contributed by atoms with Gasteiger partial charge in [-0.15, -0.1) is 0 Å². The van der Waals surface area contributed by atoms with E-state index in [4.69, 9.17) is 10.9 Å². The van der Waals surface area contributed by atoms with Crippen LogP contribution in [0.4, 0.5) is 0 Å². The van der Waals surface area contributed by atoms with E-state index in [-0.39, 0.29) is 17.4 Å². The van der Waals surface area contributed by atoms with Crippen LogP contribution >= 0.6 is 0 Å². The molecule has 1 heterocycles. The predicted octanol–water partition coefficient (Wildman–Crippen LogP) is -0.0249. The molecule has 0 fully saturated rings. The van der Waals surface area contributed by atoms with Gasteiger partial charge in [-0.3, -0.25) is 0 Å². The maximum Gasteiger partial charge on any atom is 0.259 e. The third kappa shape index (κ3) is 3.44. The van der Waals surface area contributed by atoms with Crippen molar-refractivity contribution in [2.75, 3.05) is 13.6 Å². The molecule has 1 unspecified atom stereocenters. The summed E-state index contributed by atoms with van der Waals surface area (Å²) in [7, 11) is -2.21. The third-order valence-corrected chi connectivity index (χ3v) is 4.51. The van der Waals surface area contributed by atoms with Crippen LogP contribution < -0.4 is 5.73 Å². The normalized spacial score (nSPS) is 14.8. The lowest BCUT2D eigenvalue weighted by atomic mass is 10.2. The van der Waals surface area contributed by atoms with Gasteiger partial charge in [0.1, 0.15) is 11.7 Å². The van der Waals surface area contributed by atoms with E-state index < -0.39 is 15.9 Å². The number of amidine groups is 1. The molecule has 0 bridgehead atoms. The molecule has 0 spiro atoms. The molecule has 1 atom stereocenters. The Morgan fingerprint density at radius 1 is 1.68 bits per heavy atom. The molecule has 1 aromatic heterocycles. The Hall–Kier alpha value is -1.61. The smallest absolute Gasteiger partial charge is 0.259 e. The second kappa shape index (κ2) is 6.02. The van der Waals surface area contributed by atoms with E-state index in [1.54, 1.807) is 6.92 Å². The standard InChI is InChI=1S/C10H19N5O3S/c1-4-8-12-5-9(13-8)19(17,18)15(3)6-7(2)10(11)14-16/h5,7,16H,4,6H2,1-3H3,(H2,11,14)(H,12,13). The van der Waals surface area contributed by atoms with Crippen LogP contribution in [0.25, 0.3) is 0 Å². The Kier molecular flexibility index (Phi) is 4.90. The highest BCUT2D eigenvalue weighted by molar-refractivity contribution is 7.89. The summed E-state index contributed by atoms with van der Waals surface area (Å²) in [6.45, 7) is 3.66. The number of aromatic nitrogens is 2. The monoisotopic (exact) mass is 289 g/mol. The summed E-state index contributed by atoms with van der Waals surface area (Å²) in [6, 6.07) is 0. The van der Waals surface area contributed by atoms with Gasteiger partial charge in [-0.2, -0.15) is 4.31 Å². The van der Waals surface area contributed by atoms with E-state index in [0.29, 0.717) is 12.2 Å². The molecule has 0 saturated heterocycles. The zero-order valence-corrected chi connectivity index (χ0v) is 12.0. The molecule has 1 aromatic rings. The van der Waals surface area contributed by atoms with Crippen LogP contribution in [0.2, 0.25) is 0 Å². The van der Waals surface area contributed by atoms with Gasteiger partial charge in [-0.25, -0.2) is 13.4 Å². The third-order valence-electron chi connectivity index (χ3n) is 2.78. The van der Waals surface area contributed by atoms with Crippen LogP contribution in [0.3, 0.4) is 0 Å². The molecule has 0 aliphatic carbocycles. The van der Waals surface area contributed by atoms with Crippen LogP contribution in [0, 0.1) is 5.92 Å². The van der Waals surface area contributed by atoms with Crippen molar-refractivity contribution >= 4 is 15.9 Å². The number of hydrogen-bond acceptors (Lipinski definition) is 5. The number of nitrogens with two attached hydrogens (primary N) is 1. The predicted molar refractivity (Wildman–Crippen MR) is 70.4 cm³/mol. The summed E-state index contributed by atoms with van der Waals surface area (Å²) < 4.78 is 25.6. The summed E-state index contributed by atoms with van der Waals surface area (Å²) in [5, 5.41) is 11.5. The first-order valence-electron chi connectivity index (χ1n) is 5.80. The van der Waals surface area contributed by atoms with Crippen LogP contribution in [-0.2, 0) is 16.4 Å². The second-order valence-electron chi connectivity index (χ2n) is 4.26. The number of imidazole rings is 1. The minimum atomic E-state index is -3.64. The van der Waals surface area contributed by atoms with Crippen molar-refractivity contribution in [1.82, 2.24) is 14.3 Å². The fourth-order valence-electron chi connectivity index (χ4n) is 1.50. The Balaban J connectivity index is 2.88. The van der Waals surface area contributed by atoms with Gasteiger partial charge in [0.15, 0.2) is 5.03 Å². The average Bonchev–Trinajstić information content (AvgIpc) is 2.86. The van der Waals surface area contributed by atoms with Crippen molar-refractivity contribution < 1.29 is 13.6 Å². The SMILES string of the molecule is CCc1ncc(S(=O)(=O)N(C)CC(C)C(N)=NO)[nH]1. The van der Waals surface area contributed by atoms with E-state index in [1.807, 2.05) is 6.92 Å². The molecular weight excluding hydrogens is 270 g/mol. The molecule has 4 N–H and O–H groups in total. The van der Waals surface area contributed by atoms with E-state index in [1.165, 1.54) is 13.2 Å². The van der Waals surface area contributed by atoms with Crippen molar-refractivity contribution in [3.8, 4) is 0 Å². The number of H-pyrrole nitrogens is 1. The number of oxime groups is 1. The van der Waals surface area contributed by atoms with E-state index in [2.05, 4.69) is 15.1 Å². The molecule has 8 nitrogen and oxygen atoms in total. The summed E-state index contributed by atoms with van der Waals surface area (Å²) in [5.74, 6) is 0.204. The molecule has 0 aliphatic heterocycles. The molecule has 19 heavy (non-hydrogen) atoms. The average molecular weight is 289 g/mol. The molecular formula is C10H19N5O3S. The van der Waals surface area contributed by atoms with Crippen LogP contribution in [0.15, 0.2) is 16.4 Å². The van der Waals surface area contributed by atoms with Crippen LogP contribution in [-0.4, -0.2) is 47.3 Å². The van der Waals surface area contributed by atoms with Crippen molar-refractivity contribution in [2.45, 2.75) is 25.3 Å². The Bertz CT molecular complexity index is 551. The minimum Gasteiger partial charge on any atom is -0.409 e. The number of rotatable bonds is 6. The van der Waals surface area contributed by atoms with Crippen LogP contribution in [0.5, 0.6) is 0 Å². The number of sulfonamides is 1. The zero-order chi connectivity index (χ0) is 14.6. The van der Waals surface area contributed by atoms with Crippen LogP contribution in [0.1, 0.15) is 19.7 Å². The summed E-state index contributed by atoms with van der Waals surface area (Å²) in [4.78, 5) is 6.71. The number of hydrogen-bond donors (Lipinski definition) is 3. The number of nitrogens with one attached hydrogen (secondary N) is 1. The lowest BCUT2D eigenvalue weighted by Gasteiger charge is -2.19. The van der Waals surface area contributed by atoms with Gasteiger partial charge in [0.05, 0.1) is 6.20 Å². The van der Waals surface area contributed by atoms with Gasteiger partial charge in [-0.05, 0) is 0 Å². The first-order valence-corrected chi connectivity index (χ1v) is 7.24. The van der Waals surface area contributed by atoms with Gasteiger partial charge in [-0.1, -0.05) is 19.0 Å². The fraction of sp³-hybridized carbons (Fsp3) is 0.600. The summed E-state index contributed by atoms with van der Waals surface area (Å²) in [6.07, 6.45) is 1.92. The van der Waals surface area contributed by atoms with Gasteiger partial charge in [0, 0.05) is 25.9 Å². The number of aromatic amines is 1. The van der Waals surface area contributed by atoms with Crippen molar-refractivity contribution in [3.63, 3.8) is 0 Å². The molecule has 108 valence electrons. The van der Waals surface area contributed by atoms with Gasteiger partial charge >= 0.3 is 0 Å². The minimum absolute atomic E-state index is 0.0130. The Morgan fingerprint density at radius 3 is 2.79 bits per heavy atom. The molecule has 0 radical (unpaired) electrons. The Morgan fingerprint density at radius 2 is 2.32 bits per heavy atom. The van der Waals surface area contributed by atoms with Crippen molar-refractivity contribution in [3.05, 3.63) is 12.0 Å². The summed E-state index contributed by atoms with van der Waals surface area (Å²) >= 11 is 0. The number of aryl methyl sites for hydroxylation is 1. The largest absolute Gasteiger partial charge is 0.409 e. The first kappa shape index (κ1) is 15.4. The maximum absolute atomic E-state index is 12.2. The number of nitrogens with zero attached hydrogens (tertiary/aromatic N) is 3. The Labute approximate surface area is 112 Å². The fourth-order valence-corrected chi connectivity index (χ4v) is 2.69. The van der Waals surface area contributed by atoms with Gasteiger partial charge < -0.3 is 15.9 Å². The maximum atomic E-state index is 12.2. The van der Waals surface area contributed by atoms with E-state index in [0.717, 1.165) is 4.31 Å². The van der Waals surface area contributed by atoms with Gasteiger partial charge in [0.2, 0.25) is 0 Å². The second-order valence-corrected chi connectivity index (χ2v) is 6.27. The van der Waals surface area contributed by atoms with E-state index >= 15 is 0 Å². The quantitative estimate of drug-likeness (QED) is 0.294. The highest BCUT2D eigenvalue weighted by Gasteiger charge is 2.25. The van der Waals surface area contributed by atoms with E-state index in [9.17, 15) is 8.42 Å². The summed E-state index contributed by atoms with van der Waals surface area (Å²) in [5.41, 5.74) is 5.43. The highest BCUT2D eigenvalue weighted by Crippen LogP contribution is 2.13. The molecule has 0 aromatic carbocycles. The molecule has 1 rings (SSSR count). The molecule has 0 saturated carbocycles. The molecule has 9 heteroatoms.